The van der Waals surface area contributed by atoms with E-state index in [1.807, 2.05) is 26.0 Å². The fourth-order valence-corrected chi connectivity index (χ4v) is 6.46. The van der Waals surface area contributed by atoms with Gasteiger partial charge in [0.15, 0.2) is 9.84 Å². The third kappa shape index (κ3) is 4.92. The molecule has 0 bridgehead atoms. The van der Waals surface area contributed by atoms with Crippen LogP contribution < -0.4 is 5.56 Å². The van der Waals surface area contributed by atoms with Gasteiger partial charge >= 0.3 is 0 Å². The van der Waals surface area contributed by atoms with Crippen molar-refractivity contribution in [3.63, 3.8) is 0 Å². The van der Waals surface area contributed by atoms with Crippen molar-refractivity contribution >= 4 is 21.2 Å². The Balaban J connectivity index is 1.64. The lowest BCUT2D eigenvalue weighted by atomic mass is 10.1. The van der Waals surface area contributed by atoms with E-state index in [4.69, 9.17) is 0 Å². The smallest absolute Gasteiger partial charge is 0.251 e. The third-order valence-electron chi connectivity index (χ3n) is 5.23. The molecule has 0 saturated carbocycles. The third-order valence-corrected chi connectivity index (χ3v) is 8.73. The zero-order valence-corrected chi connectivity index (χ0v) is 18.0. The number of nitrogens with one attached hydrogen (secondary N) is 1. The summed E-state index contributed by atoms with van der Waals surface area (Å²) in [5.74, 6) is 0.133. The minimum absolute atomic E-state index is 0.0846. The lowest BCUT2D eigenvalue weighted by Gasteiger charge is -2.14. The number of unbranched alkanes of at least 4 members (excludes halogenated alkanes) is 1. The number of aliphatic hydroxyl groups is 1. The second-order valence-electron chi connectivity index (χ2n) is 7.40. The van der Waals surface area contributed by atoms with E-state index in [9.17, 15) is 18.3 Å². The normalized spacial score (nSPS) is 18.0. The number of aromatic nitrogens is 1. The molecule has 1 fully saturated rings. The molecule has 2 aromatic heterocycles. The van der Waals surface area contributed by atoms with Gasteiger partial charge in [-0.25, -0.2) is 8.42 Å². The van der Waals surface area contributed by atoms with Crippen molar-refractivity contribution < 1.29 is 13.5 Å². The van der Waals surface area contributed by atoms with Crippen molar-refractivity contribution in [2.24, 2.45) is 0 Å². The first-order valence-electron chi connectivity index (χ1n) is 9.76. The number of rotatable bonds is 8. The van der Waals surface area contributed by atoms with Crippen LogP contribution in [-0.4, -0.2) is 54.9 Å². The van der Waals surface area contributed by atoms with Gasteiger partial charge in [-0.2, -0.15) is 0 Å². The number of hydrogen-bond donors (Lipinski definition) is 2. The molecule has 0 aliphatic carbocycles. The average molecular weight is 425 g/mol. The van der Waals surface area contributed by atoms with Crippen molar-refractivity contribution in [2.45, 2.75) is 49.8 Å². The Morgan fingerprint density at radius 3 is 2.79 bits per heavy atom. The van der Waals surface area contributed by atoms with Crippen LogP contribution in [0.4, 0.5) is 0 Å². The molecule has 3 heterocycles. The summed E-state index contributed by atoms with van der Waals surface area (Å²) in [6.07, 6.45) is 2.62. The Morgan fingerprint density at radius 2 is 2.11 bits per heavy atom. The number of likely N-dealkylation sites (tertiary alicyclic amines) is 1. The highest BCUT2D eigenvalue weighted by Crippen LogP contribution is 2.33. The van der Waals surface area contributed by atoms with E-state index in [-0.39, 0.29) is 17.4 Å². The first-order chi connectivity index (χ1) is 13.3. The minimum atomic E-state index is -3.31. The van der Waals surface area contributed by atoms with Crippen molar-refractivity contribution in [3.05, 3.63) is 39.8 Å². The van der Waals surface area contributed by atoms with Crippen LogP contribution in [0.25, 0.3) is 10.4 Å². The maximum atomic E-state index is 12.7. The van der Waals surface area contributed by atoms with Crippen LogP contribution in [0.5, 0.6) is 0 Å². The zero-order chi connectivity index (χ0) is 20.3. The number of H-pyrrole nitrogens is 1. The highest BCUT2D eigenvalue weighted by atomic mass is 32.2. The van der Waals surface area contributed by atoms with Gasteiger partial charge in [-0.15, -0.1) is 11.3 Å². The molecule has 28 heavy (non-hydrogen) atoms. The maximum absolute atomic E-state index is 12.7. The highest BCUT2D eigenvalue weighted by Gasteiger charge is 2.21. The number of hydrogen-bond acceptors (Lipinski definition) is 6. The molecule has 1 atom stereocenters. The summed E-state index contributed by atoms with van der Waals surface area (Å²) in [4.78, 5) is 17.8. The fraction of sp³-hybridized carbons (Fsp3) is 0.550. The Morgan fingerprint density at radius 1 is 1.32 bits per heavy atom. The van der Waals surface area contributed by atoms with Crippen LogP contribution >= 0.6 is 11.3 Å². The quantitative estimate of drug-likeness (QED) is 0.636. The van der Waals surface area contributed by atoms with E-state index in [1.165, 1.54) is 11.3 Å². The van der Waals surface area contributed by atoms with Gasteiger partial charge in [0, 0.05) is 34.8 Å². The van der Waals surface area contributed by atoms with Crippen LogP contribution in [0, 0.1) is 6.92 Å². The molecule has 0 amide bonds. The lowest BCUT2D eigenvalue weighted by Crippen LogP contribution is -2.23. The second-order valence-corrected chi connectivity index (χ2v) is 10.8. The fourth-order valence-electron chi connectivity index (χ4n) is 3.56. The SMILES string of the molecule is CCc1cc(-c2ccc(S(=O)(=O)CCCCN3CCC(O)C3)s2)c(C)[nH]c1=O. The molecule has 0 radical (unpaired) electrons. The van der Waals surface area contributed by atoms with Gasteiger partial charge in [0.05, 0.1) is 11.9 Å². The number of thiophene rings is 1. The summed E-state index contributed by atoms with van der Waals surface area (Å²) in [5.41, 5.74) is 2.25. The van der Waals surface area contributed by atoms with E-state index in [2.05, 4.69) is 9.88 Å². The van der Waals surface area contributed by atoms with E-state index in [1.54, 1.807) is 6.07 Å². The predicted molar refractivity (Wildman–Crippen MR) is 113 cm³/mol. The monoisotopic (exact) mass is 424 g/mol. The Hall–Kier alpha value is -1.48. The van der Waals surface area contributed by atoms with Gasteiger partial charge in [0.1, 0.15) is 4.21 Å². The van der Waals surface area contributed by atoms with Gasteiger partial charge in [0.2, 0.25) is 0 Å². The molecule has 1 unspecified atom stereocenters. The number of aryl methyl sites for hydroxylation is 2. The molecule has 1 aliphatic rings. The van der Waals surface area contributed by atoms with Crippen LogP contribution in [-0.2, 0) is 16.3 Å². The predicted octanol–water partition coefficient (Wildman–Crippen LogP) is 2.59. The molecule has 2 aromatic rings. The Labute approximate surface area is 170 Å². The van der Waals surface area contributed by atoms with Gasteiger partial charge in [-0.3, -0.25) is 4.79 Å². The van der Waals surface area contributed by atoms with Gasteiger partial charge < -0.3 is 15.0 Å². The van der Waals surface area contributed by atoms with Crippen LogP contribution in [0.15, 0.2) is 27.2 Å². The molecular weight excluding hydrogens is 396 g/mol. The van der Waals surface area contributed by atoms with E-state index < -0.39 is 9.84 Å². The number of nitrogens with zero attached hydrogens (tertiary/aromatic N) is 1. The zero-order valence-electron chi connectivity index (χ0n) is 16.4. The molecule has 8 heteroatoms. The first-order valence-corrected chi connectivity index (χ1v) is 12.2. The summed E-state index contributed by atoms with van der Waals surface area (Å²) < 4.78 is 25.7. The van der Waals surface area contributed by atoms with Gasteiger partial charge in [-0.1, -0.05) is 6.92 Å². The van der Waals surface area contributed by atoms with Crippen LogP contribution in [0.3, 0.4) is 0 Å². The topological polar surface area (TPSA) is 90.5 Å². The average Bonchev–Trinajstić information content (AvgIpc) is 3.29. The number of aromatic amines is 1. The minimum Gasteiger partial charge on any atom is -0.392 e. The van der Waals surface area contributed by atoms with Gasteiger partial charge in [0.25, 0.3) is 5.56 Å². The van der Waals surface area contributed by atoms with E-state index in [0.717, 1.165) is 42.1 Å². The van der Waals surface area contributed by atoms with E-state index >= 15 is 0 Å². The Bertz CT molecular complexity index is 978. The molecule has 1 aliphatic heterocycles. The Kier molecular flexibility index (Phi) is 6.75. The highest BCUT2D eigenvalue weighted by molar-refractivity contribution is 7.93. The first kappa shape index (κ1) is 21.2. The second kappa shape index (κ2) is 8.90. The molecule has 154 valence electrons. The number of aliphatic hydroxyl groups excluding tert-OH is 1. The van der Waals surface area contributed by atoms with Crippen molar-refractivity contribution in [1.29, 1.82) is 0 Å². The van der Waals surface area contributed by atoms with E-state index in [0.29, 0.717) is 29.2 Å². The maximum Gasteiger partial charge on any atom is 0.251 e. The van der Waals surface area contributed by atoms with Crippen LogP contribution in [0.2, 0.25) is 0 Å². The summed E-state index contributed by atoms with van der Waals surface area (Å²) in [6.45, 7) is 6.18. The lowest BCUT2D eigenvalue weighted by molar-refractivity contribution is 0.176. The summed E-state index contributed by atoms with van der Waals surface area (Å²) in [5, 5.41) is 9.54. The number of sulfone groups is 1. The molecule has 6 nitrogen and oxygen atoms in total. The molecular formula is C20H28N2O4S2. The van der Waals surface area contributed by atoms with Gasteiger partial charge in [-0.05, 0) is 57.4 Å². The molecule has 0 aromatic carbocycles. The summed E-state index contributed by atoms with van der Waals surface area (Å²) >= 11 is 1.26. The molecule has 0 spiro atoms. The van der Waals surface area contributed by atoms with Crippen molar-refractivity contribution in [3.8, 4) is 10.4 Å². The molecule has 2 N–H and O–H groups in total. The van der Waals surface area contributed by atoms with Crippen LogP contribution in [0.1, 0.15) is 37.4 Å². The van der Waals surface area contributed by atoms with Crippen molar-refractivity contribution in [1.82, 2.24) is 9.88 Å². The van der Waals surface area contributed by atoms with Crippen molar-refractivity contribution in [2.75, 3.05) is 25.4 Å². The number of β-amino-alcohol motifs (C(OH)–C–C–N with tert-alkyl or cyclic N) is 1. The standard InChI is InChI=1S/C20H28N2O4S2/c1-3-15-12-17(14(2)21-20(15)24)18-6-7-19(27-18)28(25,26)11-5-4-9-22-10-8-16(23)13-22/h6-7,12,16,23H,3-5,8-11,13H2,1-2H3,(H,21,24). The summed E-state index contributed by atoms with van der Waals surface area (Å²) in [7, 11) is -3.31. The number of pyridine rings is 1. The largest absolute Gasteiger partial charge is 0.392 e. The molecule has 3 rings (SSSR count). The molecule has 1 saturated heterocycles. The summed E-state index contributed by atoms with van der Waals surface area (Å²) in [6, 6.07) is 5.35.